The van der Waals surface area contributed by atoms with Crippen LogP contribution in [0.3, 0.4) is 0 Å². The molecule has 0 aliphatic rings. The molecule has 25 heavy (non-hydrogen) atoms. The Labute approximate surface area is 148 Å². The molecule has 0 fully saturated rings. The van der Waals surface area contributed by atoms with Gasteiger partial charge >= 0.3 is 0 Å². The summed E-state index contributed by atoms with van der Waals surface area (Å²) >= 11 is 1.47. The first-order valence-electron chi connectivity index (χ1n) is 7.88. The second-order valence-electron chi connectivity index (χ2n) is 5.37. The average molecular weight is 358 g/mol. The van der Waals surface area contributed by atoms with Gasteiger partial charge < -0.3 is 14.9 Å². The lowest BCUT2D eigenvalue weighted by Gasteiger charge is -2.08. The van der Waals surface area contributed by atoms with Gasteiger partial charge in [-0.15, -0.1) is 11.3 Å². The topological polar surface area (TPSA) is 106 Å². The van der Waals surface area contributed by atoms with Crippen molar-refractivity contribution in [3.05, 3.63) is 50.7 Å². The van der Waals surface area contributed by atoms with E-state index < -0.39 is 11.5 Å². The lowest BCUT2D eigenvalue weighted by Crippen LogP contribution is -2.32. The molecule has 0 aliphatic carbocycles. The number of nitrogens with zero attached hydrogens (tertiary/aromatic N) is 4. The Bertz CT molecular complexity index is 942. The molecule has 0 radical (unpaired) electrons. The quantitative estimate of drug-likeness (QED) is 0.693. The third kappa shape index (κ3) is 3.82. The monoisotopic (exact) mass is 358 g/mol. The number of carbonyl (C=O) groups is 1. The Balaban J connectivity index is 1.65. The predicted molar refractivity (Wildman–Crippen MR) is 94.6 cm³/mol. The molecule has 0 bridgehead atoms. The maximum Gasteiger partial charge on any atom is 0.264 e. The summed E-state index contributed by atoms with van der Waals surface area (Å²) < 4.78 is 1.97. The Kier molecular flexibility index (Phi) is 5.03. The van der Waals surface area contributed by atoms with Crippen LogP contribution in [0.1, 0.15) is 28.1 Å². The molecule has 0 saturated carbocycles. The summed E-state index contributed by atoms with van der Waals surface area (Å²) in [7, 11) is 0. The van der Waals surface area contributed by atoms with Crippen LogP contribution < -0.4 is 10.9 Å². The molecule has 0 saturated heterocycles. The van der Waals surface area contributed by atoms with Gasteiger partial charge in [0.2, 0.25) is 0 Å². The van der Waals surface area contributed by atoms with Crippen LogP contribution in [0.25, 0.3) is 11.5 Å². The molecule has 130 valence electrons. The highest BCUT2D eigenvalue weighted by atomic mass is 32.1. The number of aromatic amines is 1. The van der Waals surface area contributed by atoms with Gasteiger partial charge in [0.25, 0.3) is 11.5 Å². The van der Waals surface area contributed by atoms with Crippen LogP contribution in [0.2, 0.25) is 0 Å². The first-order valence-corrected chi connectivity index (χ1v) is 8.76. The van der Waals surface area contributed by atoms with E-state index in [0.717, 1.165) is 17.3 Å². The highest BCUT2D eigenvalue weighted by Gasteiger charge is 2.13. The fourth-order valence-corrected chi connectivity index (χ4v) is 3.00. The third-order valence-corrected chi connectivity index (χ3v) is 4.44. The van der Waals surface area contributed by atoms with Gasteiger partial charge in [-0.2, -0.15) is 0 Å². The molecular weight excluding hydrogens is 340 g/mol. The van der Waals surface area contributed by atoms with E-state index in [4.69, 9.17) is 0 Å². The van der Waals surface area contributed by atoms with Crippen molar-refractivity contribution < 1.29 is 4.79 Å². The van der Waals surface area contributed by atoms with Gasteiger partial charge in [-0.3, -0.25) is 9.59 Å². The lowest BCUT2D eigenvalue weighted by atomic mass is 10.3. The molecule has 8 nitrogen and oxygen atoms in total. The lowest BCUT2D eigenvalue weighted by molar-refractivity contribution is 0.0950. The fourth-order valence-electron chi connectivity index (χ4n) is 2.40. The zero-order chi connectivity index (χ0) is 17.8. The minimum Gasteiger partial charge on any atom is -0.350 e. The van der Waals surface area contributed by atoms with Gasteiger partial charge in [0.15, 0.2) is 5.82 Å². The average Bonchev–Trinajstić information content (AvgIpc) is 3.23. The molecule has 3 aromatic rings. The van der Waals surface area contributed by atoms with E-state index in [0.29, 0.717) is 24.6 Å². The molecule has 0 aliphatic heterocycles. The van der Waals surface area contributed by atoms with E-state index in [9.17, 15) is 9.59 Å². The van der Waals surface area contributed by atoms with E-state index in [1.807, 2.05) is 30.0 Å². The number of hydrogen-bond acceptors (Lipinski definition) is 6. The van der Waals surface area contributed by atoms with Crippen molar-refractivity contribution >= 4 is 17.2 Å². The molecule has 0 unspecified atom stereocenters. The van der Waals surface area contributed by atoms with Crippen LogP contribution in [-0.4, -0.2) is 37.0 Å². The zero-order valence-corrected chi connectivity index (χ0v) is 14.8. The van der Waals surface area contributed by atoms with Crippen LogP contribution in [0.5, 0.6) is 0 Å². The SMILES string of the molecule is CCc1nccn1CCNC(=O)c1cnc(-c2csc(C)n2)[nH]c1=O. The standard InChI is InChI=1S/C16H18N6O2S/c1-3-13-17-4-6-22(13)7-5-18-15(23)11-8-19-14(21-16(11)24)12-9-25-10(2)20-12/h4,6,8-9H,3,5,7H2,1-2H3,(H,18,23)(H,19,21,24). The van der Waals surface area contributed by atoms with Gasteiger partial charge in [0, 0.05) is 43.5 Å². The van der Waals surface area contributed by atoms with Crippen LogP contribution in [0.4, 0.5) is 0 Å². The first-order chi connectivity index (χ1) is 12.1. The molecule has 0 spiro atoms. The number of rotatable bonds is 6. The molecule has 9 heteroatoms. The van der Waals surface area contributed by atoms with Gasteiger partial charge in [0.1, 0.15) is 17.1 Å². The molecule has 3 rings (SSSR count). The maximum atomic E-state index is 12.2. The van der Waals surface area contributed by atoms with Crippen molar-refractivity contribution in [3.63, 3.8) is 0 Å². The molecule has 3 aromatic heterocycles. The number of aryl methyl sites for hydroxylation is 2. The van der Waals surface area contributed by atoms with Gasteiger partial charge in [-0.05, 0) is 6.92 Å². The first kappa shape index (κ1) is 17.0. The number of thiazole rings is 1. The predicted octanol–water partition coefficient (Wildman–Crippen LogP) is 1.39. The van der Waals surface area contributed by atoms with E-state index >= 15 is 0 Å². The summed E-state index contributed by atoms with van der Waals surface area (Å²) in [4.78, 5) is 39.6. The van der Waals surface area contributed by atoms with E-state index in [1.165, 1.54) is 17.5 Å². The van der Waals surface area contributed by atoms with Crippen molar-refractivity contribution in [2.45, 2.75) is 26.8 Å². The molecule has 0 aromatic carbocycles. The van der Waals surface area contributed by atoms with Crippen molar-refractivity contribution in [1.82, 2.24) is 29.8 Å². The smallest absolute Gasteiger partial charge is 0.264 e. The zero-order valence-electron chi connectivity index (χ0n) is 13.9. The number of H-pyrrole nitrogens is 1. The second-order valence-corrected chi connectivity index (χ2v) is 6.43. The highest BCUT2D eigenvalue weighted by molar-refractivity contribution is 7.09. The Morgan fingerprint density at radius 1 is 1.40 bits per heavy atom. The Morgan fingerprint density at radius 2 is 2.24 bits per heavy atom. The fraction of sp³-hybridized carbons (Fsp3) is 0.312. The van der Waals surface area contributed by atoms with Crippen LogP contribution in [-0.2, 0) is 13.0 Å². The molecule has 2 N–H and O–H groups in total. The number of imidazole rings is 1. The van der Waals surface area contributed by atoms with Crippen molar-refractivity contribution in [1.29, 1.82) is 0 Å². The number of aromatic nitrogens is 5. The van der Waals surface area contributed by atoms with Crippen LogP contribution in [0, 0.1) is 6.92 Å². The molecule has 1 amide bonds. The van der Waals surface area contributed by atoms with Gasteiger partial charge in [0.05, 0.1) is 5.01 Å². The third-order valence-electron chi connectivity index (χ3n) is 3.66. The molecular formula is C16H18N6O2S. The Morgan fingerprint density at radius 3 is 2.92 bits per heavy atom. The summed E-state index contributed by atoms with van der Waals surface area (Å²) in [6, 6.07) is 0. The summed E-state index contributed by atoms with van der Waals surface area (Å²) in [5.41, 5.74) is 0.0980. The van der Waals surface area contributed by atoms with Crippen molar-refractivity contribution in [2.24, 2.45) is 0 Å². The summed E-state index contributed by atoms with van der Waals surface area (Å²) in [5, 5.41) is 5.42. The van der Waals surface area contributed by atoms with Crippen molar-refractivity contribution in [3.8, 4) is 11.5 Å². The van der Waals surface area contributed by atoms with Gasteiger partial charge in [-0.25, -0.2) is 15.0 Å². The summed E-state index contributed by atoms with van der Waals surface area (Å²) in [6.07, 6.45) is 5.70. The van der Waals surface area contributed by atoms with Crippen LogP contribution in [0.15, 0.2) is 28.8 Å². The molecule has 3 heterocycles. The van der Waals surface area contributed by atoms with E-state index in [-0.39, 0.29) is 5.56 Å². The van der Waals surface area contributed by atoms with E-state index in [1.54, 1.807) is 6.20 Å². The number of nitrogens with one attached hydrogen (secondary N) is 2. The number of carbonyl (C=O) groups excluding carboxylic acids is 1. The van der Waals surface area contributed by atoms with Crippen molar-refractivity contribution in [2.75, 3.05) is 6.54 Å². The second kappa shape index (κ2) is 7.39. The van der Waals surface area contributed by atoms with Crippen LogP contribution >= 0.6 is 11.3 Å². The number of amides is 1. The van der Waals surface area contributed by atoms with E-state index in [2.05, 4.69) is 25.3 Å². The maximum absolute atomic E-state index is 12.2. The minimum absolute atomic E-state index is 0.0166. The summed E-state index contributed by atoms with van der Waals surface area (Å²) in [5.74, 6) is 0.862. The minimum atomic E-state index is -0.481. The number of hydrogen-bond donors (Lipinski definition) is 2. The summed E-state index contributed by atoms with van der Waals surface area (Å²) in [6.45, 7) is 4.89. The Hall–Kier alpha value is -2.81. The normalized spacial score (nSPS) is 10.8. The molecule has 0 atom stereocenters. The van der Waals surface area contributed by atoms with Gasteiger partial charge in [-0.1, -0.05) is 6.92 Å². The highest BCUT2D eigenvalue weighted by Crippen LogP contribution is 2.16. The largest absolute Gasteiger partial charge is 0.350 e.